The van der Waals surface area contributed by atoms with Crippen molar-refractivity contribution in [3.8, 4) is 11.1 Å². The lowest BCUT2D eigenvalue weighted by atomic mass is 10.0. The number of aromatic amines is 1. The van der Waals surface area contributed by atoms with E-state index in [1.807, 2.05) is 36.7 Å². The van der Waals surface area contributed by atoms with Crippen molar-refractivity contribution in [1.82, 2.24) is 9.97 Å². The van der Waals surface area contributed by atoms with E-state index in [0.29, 0.717) is 24.1 Å². The van der Waals surface area contributed by atoms with Crippen molar-refractivity contribution in [3.05, 3.63) is 83.9 Å². The average molecular weight is 373 g/mol. The van der Waals surface area contributed by atoms with Crippen LogP contribution in [0.1, 0.15) is 17.5 Å². The first-order valence-corrected chi connectivity index (χ1v) is 9.17. The summed E-state index contributed by atoms with van der Waals surface area (Å²) in [5.41, 5.74) is 5.07. The number of benzene rings is 2. The third-order valence-corrected chi connectivity index (χ3v) is 4.76. The van der Waals surface area contributed by atoms with Crippen LogP contribution in [-0.4, -0.2) is 15.9 Å². The molecule has 0 spiro atoms. The van der Waals surface area contributed by atoms with E-state index in [9.17, 15) is 9.18 Å². The Morgan fingerprint density at radius 1 is 1.11 bits per heavy atom. The Kier molecular flexibility index (Phi) is 4.89. The maximum Gasteiger partial charge on any atom is 0.224 e. The van der Waals surface area contributed by atoms with Crippen LogP contribution in [0.15, 0.2) is 67.0 Å². The van der Waals surface area contributed by atoms with Gasteiger partial charge in [-0.2, -0.15) is 0 Å². The number of nitrogens with one attached hydrogen (secondary N) is 2. The van der Waals surface area contributed by atoms with Crippen LogP contribution in [0.5, 0.6) is 0 Å². The smallest absolute Gasteiger partial charge is 0.224 e. The Hall–Kier alpha value is -3.47. The number of aromatic nitrogens is 2. The number of anilines is 1. The first-order valence-electron chi connectivity index (χ1n) is 9.17. The topological polar surface area (TPSA) is 57.8 Å². The van der Waals surface area contributed by atoms with E-state index in [-0.39, 0.29) is 11.7 Å². The third-order valence-electron chi connectivity index (χ3n) is 4.76. The summed E-state index contributed by atoms with van der Waals surface area (Å²) in [7, 11) is 0. The highest BCUT2D eigenvalue weighted by atomic mass is 19.1. The number of amides is 1. The van der Waals surface area contributed by atoms with E-state index in [4.69, 9.17) is 0 Å². The van der Waals surface area contributed by atoms with Gasteiger partial charge in [0.2, 0.25) is 5.91 Å². The maximum atomic E-state index is 13.6. The molecule has 1 amide bonds. The van der Waals surface area contributed by atoms with Crippen molar-refractivity contribution in [2.45, 2.75) is 19.8 Å². The van der Waals surface area contributed by atoms with Crippen molar-refractivity contribution < 1.29 is 9.18 Å². The van der Waals surface area contributed by atoms with Gasteiger partial charge in [0.1, 0.15) is 11.5 Å². The predicted octanol–water partition coefficient (Wildman–Crippen LogP) is 5.25. The number of hydrogen-bond donors (Lipinski definition) is 2. The van der Waals surface area contributed by atoms with E-state index >= 15 is 0 Å². The van der Waals surface area contributed by atoms with Gasteiger partial charge < -0.3 is 10.3 Å². The van der Waals surface area contributed by atoms with Gasteiger partial charge in [-0.25, -0.2) is 9.37 Å². The lowest BCUT2D eigenvalue weighted by Crippen LogP contribution is -2.12. The fourth-order valence-corrected chi connectivity index (χ4v) is 3.16. The Labute approximate surface area is 162 Å². The summed E-state index contributed by atoms with van der Waals surface area (Å²) in [6.07, 6.45) is 4.65. The summed E-state index contributed by atoms with van der Waals surface area (Å²) >= 11 is 0. The average Bonchev–Trinajstić information content (AvgIpc) is 3.17. The van der Waals surface area contributed by atoms with Gasteiger partial charge in [-0.15, -0.1) is 0 Å². The van der Waals surface area contributed by atoms with Crippen molar-refractivity contribution in [2.24, 2.45) is 0 Å². The Morgan fingerprint density at radius 3 is 2.86 bits per heavy atom. The van der Waals surface area contributed by atoms with Crippen LogP contribution in [0.4, 0.5) is 10.1 Å². The monoisotopic (exact) mass is 373 g/mol. The van der Waals surface area contributed by atoms with Crippen LogP contribution in [-0.2, 0) is 11.2 Å². The number of fused-ring (bicyclic) bond motifs is 1. The molecule has 5 heteroatoms. The molecule has 2 N–H and O–H groups in total. The molecule has 0 radical (unpaired) electrons. The number of pyridine rings is 1. The number of halogens is 1. The molecule has 2 heterocycles. The van der Waals surface area contributed by atoms with Crippen LogP contribution in [0.2, 0.25) is 0 Å². The van der Waals surface area contributed by atoms with Crippen molar-refractivity contribution in [1.29, 1.82) is 0 Å². The number of aryl methyl sites for hydroxylation is 2. The minimum Gasteiger partial charge on any atom is -0.346 e. The van der Waals surface area contributed by atoms with E-state index in [0.717, 1.165) is 27.7 Å². The van der Waals surface area contributed by atoms with Crippen LogP contribution in [0.3, 0.4) is 0 Å². The molecule has 0 saturated heterocycles. The van der Waals surface area contributed by atoms with E-state index < -0.39 is 0 Å². The van der Waals surface area contributed by atoms with Gasteiger partial charge in [-0.05, 0) is 54.3 Å². The molecule has 140 valence electrons. The molecule has 0 atom stereocenters. The number of H-pyrrole nitrogens is 1. The number of nitrogens with zero attached hydrogens (tertiary/aromatic N) is 1. The second-order valence-corrected chi connectivity index (χ2v) is 6.85. The number of carbonyl (C=O) groups excluding carboxylic acids is 1. The molecule has 2 aromatic heterocycles. The normalized spacial score (nSPS) is 10.9. The largest absolute Gasteiger partial charge is 0.346 e. The molecule has 0 saturated carbocycles. The SMILES string of the molecule is Cc1ccc(NC(=O)CCc2cccc(-c3cnc4[nH]ccc4c3)c2)cc1F. The standard InChI is InChI=1S/C23H20FN3O/c1-15-5-7-20(13-21(15)24)27-22(28)8-6-16-3-2-4-17(11-16)19-12-18-9-10-25-23(18)26-14-19/h2-5,7,9-14H,6,8H2,1H3,(H,25,26)(H,27,28). The van der Waals surface area contributed by atoms with Crippen LogP contribution in [0.25, 0.3) is 22.2 Å². The summed E-state index contributed by atoms with van der Waals surface area (Å²) in [5.74, 6) is -0.456. The molecule has 4 aromatic rings. The molecule has 28 heavy (non-hydrogen) atoms. The summed E-state index contributed by atoms with van der Waals surface area (Å²) in [6.45, 7) is 1.69. The molecule has 0 unspecified atom stereocenters. The molecule has 2 aromatic carbocycles. The highest BCUT2D eigenvalue weighted by molar-refractivity contribution is 5.90. The summed E-state index contributed by atoms with van der Waals surface area (Å²) in [6, 6.07) is 16.9. The van der Waals surface area contributed by atoms with E-state index in [1.54, 1.807) is 19.1 Å². The van der Waals surface area contributed by atoms with Gasteiger partial charge in [0.25, 0.3) is 0 Å². The zero-order chi connectivity index (χ0) is 19.5. The molecule has 0 aliphatic rings. The molecule has 4 rings (SSSR count). The molecule has 4 nitrogen and oxygen atoms in total. The van der Waals surface area contributed by atoms with Gasteiger partial charge in [0.05, 0.1) is 0 Å². The highest BCUT2D eigenvalue weighted by Crippen LogP contribution is 2.23. The quantitative estimate of drug-likeness (QED) is 0.502. The number of rotatable bonds is 5. The minimum atomic E-state index is -0.321. The Bertz CT molecular complexity index is 1150. The van der Waals surface area contributed by atoms with Crippen LogP contribution >= 0.6 is 0 Å². The van der Waals surface area contributed by atoms with E-state index in [1.165, 1.54) is 6.07 Å². The minimum absolute atomic E-state index is 0.135. The third kappa shape index (κ3) is 3.93. The maximum absolute atomic E-state index is 13.6. The summed E-state index contributed by atoms with van der Waals surface area (Å²) in [5, 5.41) is 3.81. The van der Waals surface area contributed by atoms with Crippen LogP contribution < -0.4 is 5.32 Å². The molecular formula is C23H20FN3O. The fraction of sp³-hybridized carbons (Fsp3) is 0.130. The first kappa shape index (κ1) is 17.9. The summed E-state index contributed by atoms with van der Waals surface area (Å²) < 4.78 is 13.6. The predicted molar refractivity (Wildman–Crippen MR) is 110 cm³/mol. The molecule has 0 bridgehead atoms. The van der Waals surface area contributed by atoms with Gasteiger partial charge in [-0.1, -0.05) is 30.3 Å². The van der Waals surface area contributed by atoms with Gasteiger partial charge in [0.15, 0.2) is 0 Å². The fourth-order valence-electron chi connectivity index (χ4n) is 3.16. The zero-order valence-corrected chi connectivity index (χ0v) is 15.5. The van der Waals surface area contributed by atoms with Gasteiger partial charge >= 0.3 is 0 Å². The van der Waals surface area contributed by atoms with Gasteiger partial charge in [-0.3, -0.25) is 4.79 Å². The number of hydrogen-bond acceptors (Lipinski definition) is 2. The second kappa shape index (κ2) is 7.64. The molecule has 0 aliphatic carbocycles. The Balaban J connectivity index is 1.43. The van der Waals surface area contributed by atoms with E-state index in [2.05, 4.69) is 27.4 Å². The number of carbonyl (C=O) groups is 1. The molecule has 0 aliphatic heterocycles. The van der Waals surface area contributed by atoms with Crippen molar-refractivity contribution in [2.75, 3.05) is 5.32 Å². The lowest BCUT2D eigenvalue weighted by molar-refractivity contribution is -0.116. The highest BCUT2D eigenvalue weighted by Gasteiger charge is 2.07. The van der Waals surface area contributed by atoms with Crippen molar-refractivity contribution >= 4 is 22.6 Å². The second-order valence-electron chi connectivity index (χ2n) is 6.85. The molecular weight excluding hydrogens is 353 g/mol. The zero-order valence-electron chi connectivity index (χ0n) is 15.5. The lowest BCUT2D eigenvalue weighted by Gasteiger charge is -2.08. The van der Waals surface area contributed by atoms with Gasteiger partial charge in [0, 0.05) is 35.5 Å². The summed E-state index contributed by atoms with van der Waals surface area (Å²) in [4.78, 5) is 19.7. The first-order chi connectivity index (χ1) is 13.6. The molecule has 0 fully saturated rings. The Morgan fingerprint density at radius 2 is 2.00 bits per heavy atom. The van der Waals surface area contributed by atoms with Crippen molar-refractivity contribution in [3.63, 3.8) is 0 Å². The van der Waals surface area contributed by atoms with Crippen LogP contribution in [0, 0.1) is 12.7 Å².